The standard InChI is InChI=1S/C27H28N2OS/c1-3-9-23-22-12-7-8-13-25(22)31-26-17-16-21(18-24(26)29-23)27(30)28-19(2)14-15-20-10-5-4-6-11-20/h4-8,10-13,16-19H,3,9,14-15H2,1-2H3,(H,28,30)/t19-/m1/s1. The molecular formula is C27H28N2OS. The van der Waals surface area contributed by atoms with Crippen LogP contribution in [0.5, 0.6) is 0 Å². The summed E-state index contributed by atoms with van der Waals surface area (Å²) in [6.45, 7) is 4.24. The number of benzene rings is 3. The lowest BCUT2D eigenvalue weighted by Gasteiger charge is -2.14. The Labute approximate surface area is 189 Å². The van der Waals surface area contributed by atoms with E-state index in [1.807, 2.05) is 24.3 Å². The molecule has 31 heavy (non-hydrogen) atoms. The van der Waals surface area contributed by atoms with Crippen molar-refractivity contribution in [2.45, 2.75) is 55.4 Å². The first-order valence-electron chi connectivity index (χ1n) is 11.0. The van der Waals surface area contributed by atoms with E-state index in [0.717, 1.165) is 42.0 Å². The molecule has 0 aliphatic carbocycles. The van der Waals surface area contributed by atoms with Crippen LogP contribution in [0.4, 0.5) is 5.69 Å². The normalized spacial score (nSPS) is 13.4. The number of aliphatic imine (C=N–C) groups is 1. The van der Waals surface area contributed by atoms with Crippen LogP contribution < -0.4 is 5.32 Å². The molecule has 0 radical (unpaired) electrons. The van der Waals surface area contributed by atoms with Crippen molar-refractivity contribution in [3.05, 3.63) is 89.5 Å². The van der Waals surface area contributed by atoms with E-state index in [0.29, 0.717) is 5.56 Å². The molecule has 1 heterocycles. The lowest BCUT2D eigenvalue weighted by molar-refractivity contribution is 0.0938. The minimum atomic E-state index is -0.0395. The highest BCUT2D eigenvalue weighted by Crippen LogP contribution is 2.41. The Morgan fingerprint density at radius 2 is 1.74 bits per heavy atom. The second kappa shape index (κ2) is 9.97. The van der Waals surface area contributed by atoms with Crippen LogP contribution in [0, 0.1) is 0 Å². The number of nitrogens with one attached hydrogen (secondary N) is 1. The van der Waals surface area contributed by atoms with E-state index in [9.17, 15) is 4.79 Å². The Morgan fingerprint density at radius 1 is 0.968 bits per heavy atom. The topological polar surface area (TPSA) is 41.5 Å². The molecule has 1 aliphatic heterocycles. The molecular weight excluding hydrogens is 400 g/mol. The van der Waals surface area contributed by atoms with Crippen molar-refractivity contribution < 1.29 is 4.79 Å². The van der Waals surface area contributed by atoms with Gasteiger partial charge < -0.3 is 5.32 Å². The molecule has 3 nitrogen and oxygen atoms in total. The van der Waals surface area contributed by atoms with Crippen LogP contribution in [0.2, 0.25) is 0 Å². The number of nitrogens with zero attached hydrogens (tertiary/aromatic N) is 1. The van der Waals surface area contributed by atoms with Gasteiger partial charge in [-0.2, -0.15) is 0 Å². The molecule has 158 valence electrons. The maximum absolute atomic E-state index is 12.9. The molecule has 3 aromatic carbocycles. The summed E-state index contributed by atoms with van der Waals surface area (Å²) < 4.78 is 0. The van der Waals surface area contributed by atoms with Gasteiger partial charge in [0.1, 0.15) is 0 Å². The first kappa shape index (κ1) is 21.4. The number of fused-ring (bicyclic) bond motifs is 2. The van der Waals surface area contributed by atoms with Crippen molar-refractivity contribution in [3.8, 4) is 0 Å². The molecule has 0 bridgehead atoms. The first-order valence-corrected chi connectivity index (χ1v) is 11.8. The number of rotatable bonds is 7. The van der Waals surface area contributed by atoms with Crippen LogP contribution in [0.1, 0.15) is 54.6 Å². The summed E-state index contributed by atoms with van der Waals surface area (Å²) in [6, 6.07) is 24.8. The van der Waals surface area contributed by atoms with Gasteiger partial charge in [-0.15, -0.1) is 0 Å². The fraction of sp³-hybridized carbons (Fsp3) is 0.259. The zero-order valence-electron chi connectivity index (χ0n) is 18.1. The van der Waals surface area contributed by atoms with Crippen molar-refractivity contribution in [2.24, 2.45) is 4.99 Å². The molecule has 4 heteroatoms. The van der Waals surface area contributed by atoms with Gasteiger partial charge in [0.2, 0.25) is 0 Å². The first-order chi connectivity index (χ1) is 15.1. The summed E-state index contributed by atoms with van der Waals surface area (Å²) in [5.41, 5.74) is 5.14. The van der Waals surface area contributed by atoms with E-state index in [2.05, 4.69) is 67.7 Å². The molecule has 1 aliphatic rings. The molecule has 0 fully saturated rings. The van der Waals surface area contributed by atoms with Gasteiger partial charge in [0.05, 0.1) is 5.69 Å². The Morgan fingerprint density at radius 3 is 2.55 bits per heavy atom. The third-order valence-electron chi connectivity index (χ3n) is 5.47. The molecule has 0 unspecified atom stereocenters. The lowest BCUT2D eigenvalue weighted by atomic mass is 10.1. The predicted octanol–water partition coefficient (Wildman–Crippen LogP) is 6.82. The average Bonchev–Trinajstić information content (AvgIpc) is 2.94. The van der Waals surface area contributed by atoms with Gasteiger partial charge in [0.25, 0.3) is 5.91 Å². The van der Waals surface area contributed by atoms with Gasteiger partial charge in [-0.3, -0.25) is 9.79 Å². The van der Waals surface area contributed by atoms with Crippen molar-refractivity contribution in [3.63, 3.8) is 0 Å². The molecule has 0 aromatic heterocycles. The largest absolute Gasteiger partial charge is 0.350 e. The Hall–Kier alpha value is -2.85. The van der Waals surface area contributed by atoms with Gasteiger partial charge in [0, 0.05) is 32.7 Å². The Kier molecular flexibility index (Phi) is 6.88. The van der Waals surface area contributed by atoms with Gasteiger partial charge in [-0.1, -0.05) is 73.6 Å². The molecule has 3 aromatic rings. The second-order valence-corrected chi connectivity index (χ2v) is 9.07. The fourth-order valence-electron chi connectivity index (χ4n) is 3.78. The minimum Gasteiger partial charge on any atom is -0.350 e. The van der Waals surface area contributed by atoms with Crippen LogP contribution in [0.3, 0.4) is 0 Å². The minimum absolute atomic E-state index is 0.0395. The van der Waals surface area contributed by atoms with Crippen molar-refractivity contribution >= 4 is 29.1 Å². The van der Waals surface area contributed by atoms with Crippen molar-refractivity contribution in [1.29, 1.82) is 0 Å². The molecule has 0 saturated carbocycles. The van der Waals surface area contributed by atoms with E-state index in [-0.39, 0.29) is 11.9 Å². The summed E-state index contributed by atoms with van der Waals surface area (Å²) in [5, 5.41) is 3.15. The van der Waals surface area contributed by atoms with Crippen molar-refractivity contribution in [2.75, 3.05) is 0 Å². The molecule has 4 rings (SSSR count). The fourth-order valence-corrected chi connectivity index (χ4v) is 4.81. The number of carbonyl (C=O) groups is 1. The summed E-state index contributed by atoms with van der Waals surface area (Å²) in [7, 11) is 0. The Balaban J connectivity index is 1.50. The zero-order valence-corrected chi connectivity index (χ0v) is 18.9. The van der Waals surface area contributed by atoms with E-state index >= 15 is 0 Å². The molecule has 1 amide bonds. The smallest absolute Gasteiger partial charge is 0.251 e. The van der Waals surface area contributed by atoms with Crippen LogP contribution in [-0.2, 0) is 6.42 Å². The quantitative estimate of drug-likeness (QED) is 0.448. The van der Waals surface area contributed by atoms with E-state index < -0.39 is 0 Å². The van der Waals surface area contributed by atoms with Crippen LogP contribution in [0.25, 0.3) is 0 Å². The number of carbonyl (C=O) groups excluding carboxylic acids is 1. The zero-order chi connectivity index (χ0) is 21.6. The monoisotopic (exact) mass is 428 g/mol. The number of hydrogen-bond donors (Lipinski definition) is 1. The van der Waals surface area contributed by atoms with Gasteiger partial charge in [0.15, 0.2) is 0 Å². The second-order valence-electron chi connectivity index (χ2n) is 7.99. The maximum Gasteiger partial charge on any atom is 0.251 e. The summed E-state index contributed by atoms with van der Waals surface area (Å²) in [5.74, 6) is -0.0395. The number of aryl methyl sites for hydroxylation is 1. The van der Waals surface area contributed by atoms with Crippen LogP contribution in [0.15, 0.2) is 87.6 Å². The van der Waals surface area contributed by atoms with Crippen LogP contribution >= 0.6 is 11.8 Å². The highest BCUT2D eigenvalue weighted by Gasteiger charge is 2.18. The van der Waals surface area contributed by atoms with Crippen LogP contribution in [-0.4, -0.2) is 17.7 Å². The van der Waals surface area contributed by atoms with Crippen molar-refractivity contribution in [1.82, 2.24) is 5.32 Å². The molecule has 0 saturated heterocycles. The predicted molar refractivity (Wildman–Crippen MR) is 130 cm³/mol. The van der Waals surface area contributed by atoms with E-state index in [1.54, 1.807) is 11.8 Å². The molecule has 1 N–H and O–H groups in total. The third kappa shape index (κ3) is 5.26. The number of hydrogen-bond acceptors (Lipinski definition) is 3. The van der Waals surface area contributed by atoms with Gasteiger partial charge in [-0.05, 0) is 56.0 Å². The summed E-state index contributed by atoms with van der Waals surface area (Å²) in [6.07, 6.45) is 3.81. The highest BCUT2D eigenvalue weighted by molar-refractivity contribution is 7.99. The summed E-state index contributed by atoms with van der Waals surface area (Å²) >= 11 is 1.73. The number of amides is 1. The summed E-state index contributed by atoms with van der Waals surface area (Å²) in [4.78, 5) is 20.2. The highest BCUT2D eigenvalue weighted by atomic mass is 32.2. The van der Waals surface area contributed by atoms with Gasteiger partial charge in [-0.25, -0.2) is 0 Å². The average molecular weight is 429 g/mol. The lowest BCUT2D eigenvalue weighted by Crippen LogP contribution is -2.32. The van der Waals surface area contributed by atoms with E-state index in [4.69, 9.17) is 4.99 Å². The molecule has 0 spiro atoms. The van der Waals surface area contributed by atoms with E-state index in [1.165, 1.54) is 16.0 Å². The van der Waals surface area contributed by atoms with Gasteiger partial charge >= 0.3 is 0 Å². The Bertz CT molecular complexity index is 1090. The SMILES string of the molecule is CCCC1=Nc2cc(C(=O)N[C@H](C)CCc3ccccc3)ccc2Sc2ccccc21. The third-order valence-corrected chi connectivity index (χ3v) is 6.61. The molecule has 1 atom stereocenters. The maximum atomic E-state index is 12.9.